The second kappa shape index (κ2) is 8.10. The summed E-state index contributed by atoms with van der Waals surface area (Å²) in [6.45, 7) is 7.63. The molecule has 0 spiro atoms. The van der Waals surface area contributed by atoms with E-state index in [9.17, 15) is 4.79 Å². The van der Waals surface area contributed by atoms with Crippen LogP contribution in [-0.4, -0.2) is 17.4 Å². The van der Waals surface area contributed by atoms with Crippen LogP contribution in [0, 0.1) is 11.3 Å². The average Bonchev–Trinajstić information content (AvgIpc) is 3.02. The summed E-state index contributed by atoms with van der Waals surface area (Å²) in [5, 5.41) is 4.02. The molecule has 2 aliphatic carbocycles. The van der Waals surface area contributed by atoms with Crippen LogP contribution in [0.1, 0.15) is 80.2 Å². The highest BCUT2D eigenvalue weighted by Gasteiger charge is 2.30. The molecule has 0 aliphatic heterocycles. The first kappa shape index (κ1) is 20.4. The SMILES string of the molecule is CC(C)(C)C1CCc2nc3sc(C(=O)NCCC4=CCCCC4)c(N)c3cc2C1. The number of pyridine rings is 1. The molecule has 1 amide bonds. The molecule has 0 bridgehead atoms. The van der Waals surface area contributed by atoms with Crippen LogP contribution in [0.15, 0.2) is 17.7 Å². The van der Waals surface area contributed by atoms with E-state index in [-0.39, 0.29) is 5.91 Å². The molecule has 0 radical (unpaired) electrons. The zero-order valence-corrected chi connectivity index (χ0v) is 18.8. The van der Waals surface area contributed by atoms with E-state index in [4.69, 9.17) is 10.7 Å². The fraction of sp³-hybridized carbons (Fsp3) is 0.583. The van der Waals surface area contributed by atoms with Crippen molar-refractivity contribution in [3.05, 3.63) is 33.9 Å². The van der Waals surface area contributed by atoms with Crippen molar-refractivity contribution in [1.82, 2.24) is 10.3 Å². The van der Waals surface area contributed by atoms with Gasteiger partial charge in [0.15, 0.2) is 0 Å². The summed E-state index contributed by atoms with van der Waals surface area (Å²) >= 11 is 1.43. The molecule has 0 aromatic carbocycles. The van der Waals surface area contributed by atoms with Crippen LogP contribution < -0.4 is 11.1 Å². The first-order valence-corrected chi connectivity index (χ1v) is 11.8. The van der Waals surface area contributed by atoms with E-state index in [1.54, 1.807) is 0 Å². The molecule has 1 atom stereocenters. The Morgan fingerprint density at radius 2 is 2.14 bits per heavy atom. The largest absolute Gasteiger partial charge is 0.397 e. The topological polar surface area (TPSA) is 68.0 Å². The predicted octanol–water partition coefficient (Wildman–Crippen LogP) is 5.65. The van der Waals surface area contributed by atoms with Crippen LogP contribution in [0.25, 0.3) is 10.2 Å². The molecule has 4 nitrogen and oxygen atoms in total. The summed E-state index contributed by atoms with van der Waals surface area (Å²) in [5.41, 5.74) is 11.3. The Morgan fingerprint density at radius 1 is 1.31 bits per heavy atom. The summed E-state index contributed by atoms with van der Waals surface area (Å²) in [5.74, 6) is 0.596. The number of nitrogen functional groups attached to an aromatic ring is 1. The van der Waals surface area contributed by atoms with Crippen molar-refractivity contribution in [2.24, 2.45) is 11.3 Å². The van der Waals surface area contributed by atoms with E-state index in [1.165, 1.54) is 60.3 Å². The molecule has 1 unspecified atom stereocenters. The fourth-order valence-electron chi connectivity index (χ4n) is 4.65. The van der Waals surface area contributed by atoms with Crippen LogP contribution in [0.5, 0.6) is 0 Å². The van der Waals surface area contributed by atoms with Crippen LogP contribution in [0.4, 0.5) is 5.69 Å². The molecule has 4 rings (SSSR count). The molecular formula is C24H33N3OS. The Balaban J connectivity index is 1.50. The second-order valence-corrected chi connectivity index (χ2v) is 10.7. The highest BCUT2D eigenvalue weighted by molar-refractivity contribution is 7.21. The zero-order valence-electron chi connectivity index (χ0n) is 17.9. The molecule has 0 saturated carbocycles. The van der Waals surface area contributed by atoms with Crippen LogP contribution in [0.2, 0.25) is 0 Å². The normalized spacial score (nSPS) is 19.7. The highest BCUT2D eigenvalue weighted by atomic mass is 32.1. The molecular weight excluding hydrogens is 378 g/mol. The van der Waals surface area contributed by atoms with Crippen molar-refractivity contribution in [1.29, 1.82) is 0 Å². The van der Waals surface area contributed by atoms with E-state index in [1.807, 2.05) is 0 Å². The maximum absolute atomic E-state index is 12.8. The number of nitrogens with two attached hydrogens (primary N) is 1. The summed E-state index contributed by atoms with van der Waals surface area (Å²) in [4.78, 5) is 19.2. The minimum Gasteiger partial charge on any atom is -0.397 e. The van der Waals surface area contributed by atoms with Gasteiger partial charge in [0.05, 0.1) is 5.69 Å². The number of fused-ring (bicyclic) bond motifs is 2. The van der Waals surface area contributed by atoms with Gasteiger partial charge in [-0.3, -0.25) is 4.79 Å². The molecule has 0 saturated heterocycles. The standard InChI is InChI=1S/C24H33N3OS/c1-24(2,3)17-9-10-19-16(13-17)14-18-20(25)21(29-23(18)27-19)22(28)26-12-11-15-7-5-4-6-8-15/h7,14,17H,4-6,8-13,25H2,1-3H3,(H,26,28). The Morgan fingerprint density at radius 3 is 2.86 bits per heavy atom. The molecule has 5 heteroatoms. The van der Waals surface area contributed by atoms with Crippen LogP contribution >= 0.6 is 11.3 Å². The third-order valence-corrected chi connectivity index (χ3v) is 7.75. The summed E-state index contributed by atoms with van der Waals surface area (Å²) in [6, 6.07) is 2.20. The molecule has 3 N–H and O–H groups in total. The van der Waals surface area contributed by atoms with Gasteiger partial charge in [-0.25, -0.2) is 4.98 Å². The number of carbonyl (C=O) groups is 1. The Labute approximate surface area is 178 Å². The van der Waals surface area contributed by atoms with E-state index < -0.39 is 0 Å². The highest BCUT2D eigenvalue weighted by Crippen LogP contribution is 2.40. The molecule has 29 heavy (non-hydrogen) atoms. The summed E-state index contributed by atoms with van der Waals surface area (Å²) in [7, 11) is 0. The van der Waals surface area contributed by atoms with Gasteiger partial charge >= 0.3 is 0 Å². The van der Waals surface area contributed by atoms with Gasteiger partial charge in [0.25, 0.3) is 5.91 Å². The molecule has 0 fully saturated rings. The lowest BCUT2D eigenvalue weighted by molar-refractivity contribution is 0.0959. The van der Waals surface area contributed by atoms with Crippen molar-refractivity contribution < 1.29 is 4.79 Å². The maximum Gasteiger partial charge on any atom is 0.263 e. The number of anilines is 1. The number of allylic oxidation sites excluding steroid dienone is 1. The smallest absolute Gasteiger partial charge is 0.263 e. The Bertz CT molecular complexity index is 951. The van der Waals surface area contributed by atoms with Gasteiger partial charge < -0.3 is 11.1 Å². The number of aryl methyl sites for hydroxylation is 1. The molecule has 156 valence electrons. The van der Waals surface area contributed by atoms with Crippen LogP contribution in [0.3, 0.4) is 0 Å². The molecule has 2 aliphatic rings. The van der Waals surface area contributed by atoms with E-state index >= 15 is 0 Å². The van der Waals surface area contributed by atoms with Gasteiger partial charge in [-0.2, -0.15) is 0 Å². The first-order valence-electron chi connectivity index (χ1n) is 11.0. The lowest BCUT2D eigenvalue weighted by Gasteiger charge is -2.34. The van der Waals surface area contributed by atoms with Gasteiger partial charge in [-0.15, -0.1) is 11.3 Å². The van der Waals surface area contributed by atoms with Gasteiger partial charge in [-0.1, -0.05) is 32.4 Å². The Kier molecular flexibility index (Phi) is 5.69. The number of aromatic nitrogens is 1. The number of carbonyl (C=O) groups excluding carboxylic acids is 1. The van der Waals surface area contributed by atoms with Crippen molar-refractivity contribution in [3.8, 4) is 0 Å². The van der Waals surface area contributed by atoms with Crippen molar-refractivity contribution in [3.63, 3.8) is 0 Å². The minimum atomic E-state index is -0.0625. The third-order valence-electron chi connectivity index (χ3n) is 6.63. The minimum absolute atomic E-state index is 0.0625. The second-order valence-electron chi connectivity index (χ2n) is 9.71. The fourth-order valence-corrected chi connectivity index (χ4v) is 5.66. The summed E-state index contributed by atoms with van der Waals surface area (Å²) in [6.07, 6.45) is 11.4. The van der Waals surface area contributed by atoms with Crippen molar-refractivity contribution in [2.75, 3.05) is 12.3 Å². The van der Waals surface area contributed by atoms with Crippen LogP contribution in [-0.2, 0) is 12.8 Å². The average molecular weight is 412 g/mol. The van der Waals surface area contributed by atoms with E-state index in [2.05, 4.69) is 38.2 Å². The number of nitrogens with one attached hydrogen (secondary N) is 1. The lowest BCUT2D eigenvalue weighted by Crippen LogP contribution is -2.27. The van der Waals surface area contributed by atoms with E-state index in [0.717, 1.165) is 29.5 Å². The molecule has 2 aromatic heterocycles. The van der Waals surface area contributed by atoms with Gasteiger partial charge in [0.1, 0.15) is 9.71 Å². The van der Waals surface area contributed by atoms with Crippen molar-refractivity contribution in [2.45, 2.75) is 72.1 Å². The monoisotopic (exact) mass is 411 g/mol. The number of hydrogen-bond acceptors (Lipinski definition) is 4. The zero-order chi connectivity index (χ0) is 20.6. The summed E-state index contributed by atoms with van der Waals surface area (Å²) < 4.78 is 0. The van der Waals surface area contributed by atoms with Gasteiger partial charge in [0.2, 0.25) is 0 Å². The third kappa shape index (κ3) is 4.35. The lowest BCUT2D eigenvalue weighted by atomic mass is 9.71. The first-order chi connectivity index (χ1) is 13.8. The number of rotatable bonds is 4. The predicted molar refractivity (Wildman–Crippen MR) is 123 cm³/mol. The number of nitrogens with zero attached hydrogens (tertiary/aromatic N) is 1. The van der Waals surface area contributed by atoms with Gasteiger partial charge in [0, 0.05) is 17.6 Å². The molecule has 2 aromatic rings. The quantitative estimate of drug-likeness (QED) is 0.639. The van der Waals surface area contributed by atoms with Gasteiger partial charge in [-0.05, 0) is 74.3 Å². The number of amides is 1. The number of hydrogen-bond donors (Lipinski definition) is 2. The van der Waals surface area contributed by atoms with Crippen molar-refractivity contribution >= 4 is 33.1 Å². The molecule has 2 heterocycles. The maximum atomic E-state index is 12.8. The number of thiophene rings is 1. The van der Waals surface area contributed by atoms with E-state index in [0.29, 0.717) is 28.4 Å². The Hall–Kier alpha value is -1.88.